The number of amides is 3. The van der Waals surface area contributed by atoms with Crippen molar-refractivity contribution in [2.24, 2.45) is 0 Å². The van der Waals surface area contributed by atoms with E-state index in [1.54, 1.807) is 24.3 Å². The Hall–Kier alpha value is -3.26. The monoisotopic (exact) mass is 397 g/mol. The number of halogens is 1. The maximum Gasteiger partial charge on any atom is 0.268 e. The van der Waals surface area contributed by atoms with E-state index in [4.69, 9.17) is 0 Å². The number of nitrogens with one attached hydrogen (secondary N) is 2. The smallest absolute Gasteiger partial charge is 0.268 e. The first kappa shape index (κ1) is 19.1. The van der Waals surface area contributed by atoms with E-state index >= 15 is 0 Å². The molecule has 1 atom stereocenters. The lowest BCUT2D eigenvalue weighted by molar-refractivity contribution is -0.149. The van der Waals surface area contributed by atoms with Crippen molar-refractivity contribution in [3.05, 3.63) is 59.4 Å². The number of carbonyl (C=O) groups excluding carboxylic acids is 3. The zero-order valence-corrected chi connectivity index (χ0v) is 15.6. The largest absolute Gasteiger partial charge is 0.372 e. The fraction of sp³-hybridized carbons (Fsp3) is 0.286. The molecule has 1 saturated heterocycles. The summed E-state index contributed by atoms with van der Waals surface area (Å²) in [5, 5.41) is 16.0. The van der Waals surface area contributed by atoms with E-state index in [1.807, 2.05) is 0 Å². The summed E-state index contributed by atoms with van der Waals surface area (Å²) in [4.78, 5) is 38.2. The predicted molar refractivity (Wildman–Crippen MR) is 104 cm³/mol. The highest BCUT2D eigenvalue weighted by atomic mass is 19.1. The van der Waals surface area contributed by atoms with Gasteiger partial charge < -0.3 is 20.6 Å². The van der Waals surface area contributed by atoms with Gasteiger partial charge >= 0.3 is 0 Å². The van der Waals surface area contributed by atoms with Crippen molar-refractivity contribution in [3.63, 3.8) is 0 Å². The lowest BCUT2D eigenvalue weighted by Gasteiger charge is -2.23. The topological polar surface area (TPSA) is 98.7 Å². The number of aliphatic hydroxyl groups is 1. The van der Waals surface area contributed by atoms with E-state index in [0.29, 0.717) is 29.8 Å². The highest BCUT2D eigenvalue weighted by Gasteiger charge is 2.51. The molecular weight excluding hydrogens is 377 g/mol. The van der Waals surface area contributed by atoms with Crippen molar-refractivity contribution in [3.8, 4) is 0 Å². The van der Waals surface area contributed by atoms with E-state index in [0.717, 1.165) is 5.56 Å². The van der Waals surface area contributed by atoms with Gasteiger partial charge in [-0.15, -0.1) is 0 Å². The Morgan fingerprint density at radius 3 is 2.83 bits per heavy atom. The molecule has 29 heavy (non-hydrogen) atoms. The van der Waals surface area contributed by atoms with Crippen LogP contribution in [0.4, 0.5) is 15.8 Å². The van der Waals surface area contributed by atoms with Crippen LogP contribution in [0.15, 0.2) is 42.5 Å². The molecule has 2 aliphatic rings. The molecule has 0 spiro atoms. The lowest BCUT2D eigenvalue weighted by atomic mass is 10.0. The molecule has 0 aliphatic carbocycles. The summed E-state index contributed by atoms with van der Waals surface area (Å²) in [6.45, 7) is 0.193. The van der Waals surface area contributed by atoms with E-state index in [9.17, 15) is 23.9 Å². The Kier molecular flexibility index (Phi) is 4.79. The minimum Gasteiger partial charge on any atom is -0.372 e. The van der Waals surface area contributed by atoms with Crippen LogP contribution < -0.4 is 15.5 Å². The second-order valence-corrected chi connectivity index (χ2v) is 7.27. The molecule has 0 aromatic heterocycles. The Balaban J connectivity index is 1.47. The molecule has 150 valence electrons. The van der Waals surface area contributed by atoms with Crippen molar-refractivity contribution >= 4 is 29.1 Å². The summed E-state index contributed by atoms with van der Waals surface area (Å²) in [5.74, 6) is -1.98. The zero-order chi connectivity index (χ0) is 20.6. The van der Waals surface area contributed by atoms with Gasteiger partial charge in [0.1, 0.15) is 5.82 Å². The van der Waals surface area contributed by atoms with Gasteiger partial charge in [0.05, 0.1) is 0 Å². The van der Waals surface area contributed by atoms with Gasteiger partial charge in [-0.3, -0.25) is 14.4 Å². The van der Waals surface area contributed by atoms with Crippen LogP contribution in [-0.4, -0.2) is 35.0 Å². The number of aryl methyl sites for hydroxylation is 1. The van der Waals surface area contributed by atoms with Crippen LogP contribution in [0.1, 0.15) is 24.0 Å². The highest BCUT2D eigenvalue weighted by molar-refractivity contribution is 6.16. The number of anilines is 2. The number of fused-ring (bicyclic) bond motifs is 1. The normalized spacial score (nSPS) is 21.0. The summed E-state index contributed by atoms with van der Waals surface area (Å²) < 4.78 is 13.3. The first-order valence-electron chi connectivity index (χ1n) is 9.37. The Bertz CT molecular complexity index is 1010. The molecule has 3 N–H and O–H groups in total. The van der Waals surface area contributed by atoms with Crippen LogP contribution >= 0.6 is 0 Å². The maximum atomic E-state index is 13.3. The number of benzene rings is 2. The lowest BCUT2D eigenvalue weighted by Crippen LogP contribution is -2.52. The molecule has 2 aromatic carbocycles. The van der Waals surface area contributed by atoms with Crippen LogP contribution in [0.2, 0.25) is 0 Å². The van der Waals surface area contributed by atoms with E-state index < -0.39 is 23.2 Å². The Morgan fingerprint density at radius 1 is 1.21 bits per heavy atom. The van der Waals surface area contributed by atoms with Crippen molar-refractivity contribution in [2.45, 2.75) is 31.4 Å². The minimum atomic E-state index is -2.17. The number of hydrogen-bond donors (Lipinski definition) is 3. The molecule has 7 nitrogen and oxygen atoms in total. The van der Waals surface area contributed by atoms with Crippen LogP contribution in [0.3, 0.4) is 0 Å². The Morgan fingerprint density at radius 2 is 2.03 bits per heavy atom. The van der Waals surface area contributed by atoms with Crippen molar-refractivity contribution in [2.75, 3.05) is 16.8 Å². The van der Waals surface area contributed by atoms with Gasteiger partial charge in [-0.05, 0) is 47.9 Å². The van der Waals surface area contributed by atoms with Crippen LogP contribution in [-0.2, 0) is 27.3 Å². The van der Waals surface area contributed by atoms with Gasteiger partial charge in [-0.25, -0.2) is 4.39 Å². The fourth-order valence-corrected chi connectivity index (χ4v) is 3.68. The van der Waals surface area contributed by atoms with Gasteiger partial charge in [0.25, 0.3) is 11.8 Å². The van der Waals surface area contributed by atoms with Crippen molar-refractivity contribution in [1.29, 1.82) is 0 Å². The van der Waals surface area contributed by atoms with Gasteiger partial charge in [0.2, 0.25) is 11.5 Å². The molecule has 0 bridgehead atoms. The third-order valence-electron chi connectivity index (χ3n) is 5.31. The molecular formula is C21H20FN3O4. The van der Waals surface area contributed by atoms with Gasteiger partial charge in [0, 0.05) is 37.3 Å². The number of carbonyl (C=O) groups is 3. The highest BCUT2D eigenvalue weighted by Crippen LogP contribution is 2.32. The molecule has 8 heteroatoms. The van der Waals surface area contributed by atoms with E-state index in [2.05, 4.69) is 10.6 Å². The third-order valence-corrected chi connectivity index (χ3v) is 5.31. The van der Waals surface area contributed by atoms with Crippen molar-refractivity contribution < 1.29 is 23.9 Å². The first-order chi connectivity index (χ1) is 13.9. The fourth-order valence-electron chi connectivity index (χ4n) is 3.68. The molecule has 3 amide bonds. The minimum absolute atomic E-state index is 0.00469. The second kappa shape index (κ2) is 7.29. The predicted octanol–water partition coefficient (Wildman–Crippen LogP) is 1.49. The molecule has 2 aliphatic heterocycles. The molecule has 4 rings (SSSR count). The van der Waals surface area contributed by atoms with Crippen LogP contribution in [0, 0.1) is 5.82 Å². The first-order valence-corrected chi connectivity index (χ1v) is 9.37. The van der Waals surface area contributed by atoms with Gasteiger partial charge in [-0.1, -0.05) is 12.1 Å². The summed E-state index contributed by atoms with van der Waals surface area (Å²) in [7, 11) is 0. The second-order valence-electron chi connectivity index (χ2n) is 7.27. The molecule has 1 fully saturated rings. The van der Waals surface area contributed by atoms with E-state index in [-0.39, 0.29) is 25.4 Å². The molecule has 2 heterocycles. The van der Waals surface area contributed by atoms with Crippen LogP contribution in [0.25, 0.3) is 0 Å². The zero-order valence-electron chi connectivity index (χ0n) is 15.6. The molecule has 0 saturated carbocycles. The van der Waals surface area contributed by atoms with Gasteiger partial charge in [0.15, 0.2) is 0 Å². The molecule has 0 radical (unpaired) electrons. The average Bonchev–Trinajstić information content (AvgIpc) is 3.02. The standard InChI is InChI=1S/C21H20FN3O4/c22-15-3-1-2-13(10-15)12-23-19(27)21(29)8-9-25(20(21)28)16-5-6-17-14(11-16)4-7-18(26)24-17/h1-3,5-6,10-11,29H,4,7-9,12H2,(H,23,27)(H,24,26). The molecule has 1 unspecified atom stereocenters. The van der Waals surface area contributed by atoms with Gasteiger partial charge in [-0.2, -0.15) is 0 Å². The number of nitrogens with zero attached hydrogens (tertiary/aromatic N) is 1. The summed E-state index contributed by atoms with van der Waals surface area (Å²) >= 11 is 0. The average molecular weight is 397 g/mol. The van der Waals surface area contributed by atoms with Crippen molar-refractivity contribution in [1.82, 2.24) is 5.32 Å². The summed E-state index contributed by atoms with van der Waals surface area (Å²) in [5.41, 5.74) is 0.539. The third kappa shape index (κ3) is 3.58. The molecule has 2 aromatic rings. The quantitative estimate of drug-likeness (QED) is 0.681. The van der Waals surface area contributed by atoms with Crippen LogP contribution in [0.5, 0.6) is 0 Å². The van der Waals surface area contributed by atoms with E-state index in [1.165, 1.54) is 23.1 Å². The number of rotatable bonds is 4. The summed E-state index contributed by atoms with van der Waals surface area (Å²) in [6.07, 6.45) is 0.890. The maximum absolute atomic E-state index is 13.3. The Labute approximate surface area is 166 Å². The summed E-state index contributed by atoms with van der Waals surface area (Å²) in [6, 6.07) is 10.9. The number of hydrogen-bond acceptors (Lipinski definition) is 4. The SMILES string of the molecule is O=C1CCc2cc(N3CCC(O)(C(=O)NCc4cccc(F)c4)C3=O)ccc2N1.